The SMILES string of the molecule is Cc1nn(C)c2c1nc(CCCl)n2C1CC2CCC1O2. The van der Waals surface area contributed by atoms with Crippen LogP contribution >= 0.6 is 11.6 Å². The Labute approximate surface area is 122 Å². The fourth-order valence-electron chi connectivity index (χ4n) is 3.83. The van der Waals surface area contributed by atoms with E-state index >= 15 is 0 Å². The summed E-state index contributed by atoms with van der Waals surface area (Å²) in [6, 6.07) is 0.395. The van der Waals surface area contributed by atoms with Crippen molar-refractivity contribution in [2.75, 3.05) is 5.88 Å². The summed E-state index contributed by atoms with van der Waals surface area (Å²) in [6.45, 7) is 2.02. The second-order valence-corrected chi connectivity index (χ2v) is 6.27. The molecule has 0 N–H and O–H groups in total. The van der Waals surface area contributed by atoms with Crippen LogP contribution < -0.4 is 0 Å². The molecule has 2 saturated heterocycles. The molecule has 0 spiro atoms. The van der Waals surface area contributed by atoms with Gasteiger partial charge in [0, 0.05) is 19.3 Å². The highest BCUT2D eigenvalue weighted by molar-refractivity contribution is 6.17. The quantitative estimate of drug-likeness (QED) is 0.816. The molecular weight excluding hydrogens is 276 g/mol. The fraction of sp³-hybridized carbons (Fsp3) is 0.714. The Balaban J connectivity index is 1.89. The van der Waals surface area contributed by atoms with Crippen LogP contribution in [-0.4, -0.2) is 37.4 Å². The van der Waals surface area contributed by atoms with Crippen molar-refractivity contribution in [1.29, 1.82) is 0 Å². The number of alkyl halides is 1. The Morgan fingerprint density at radius 2 is 2.25 bits per heavy atom. The molecule has 2 fully saturated rings. The minimum Gasteiger partial charge on any atom is -0.373 e. The largest absolute Gasteiger partial charge is 0.373 e. The van der Waals surface area contributed by atoms with Gasteiger partial charge in [0.15, 0.2) is 5.65 Å². The monoisotopic (exact) mass is 294 g/mol. The minimum atomic E-state index is 0.335. The van der Waals surface area contributed by atoms with Gasteiger partial charge in [-0.05, 0) is 26.2 Å². The zero-order valence-electron chi connectivity index (χ0n) is 11.8. The molecule has 2 aliphatic rings. The standard InChI is InChI=1S/C14H19ClN4O/c1-8-13-14(18(2)17-8)19(12(16-13)5-6-15)10-7-9-3-4-11(10)20-9/h9-11H,3-7H2,1-2H3. The first-order chi connectivity index (χ1) is 9.69. The first-order valence-electron chi connectivity index (χ1n) is 7.31. The molecule has 2 aliphatic heterocycles. The summed E-state index contributed by atoms with van der Waals surface area (Å²) in [7, 11) is 1.99. The Kier molecular flexibility index (Phi) is 2.82. The number of ether oxygens (including phenoxy) is 1. The van der Waals surface area contributed by atoms with Crippen LogP contribution in [0.1, 0.15) is 36.8 Å². The highest BCUT2D eigenvalue weighted by atomic mass is 35.5. The van der Waals surface area contributed by atoms with Gasteiger partial charge in [0.1, 0.15) is 11.3 Å². The summed E-state index contributed by atoms with van der Waals surface area (Å²) >= 11 is 5.96. The van der Waals surface area contributed by atoms with E-state index in [0.29, 0.717) is 24.1 Å². The topological polar surface area (TPSA) is 44.9 Å². The van der Waals surface area contributed by atoms with E-state index in [1.54, 1.807) is 0 Å². The van der Waals surface area contributed by atoms with E-state index in [2.05, 4.69) is 9.67 Å². The summed E-state index contributed by atoms with van der Waals surface area (Å²) < 4.78 is 10.3. The van der Waals surface area contributed by atoms with Gasteiger partial charge in [-0.15, -0.1) is 11.6 Å². The zero-order valence-corrected chi connectivity index (χ0v) is 12.6. The van der Waals surface area contributed by atoms with E-state index in [1.165, 1.54) is 6.42 Å². The van der Waals surface area contributed by atoms with Crippen molar-refractivity contribution in [2.45, 2.75) is 50.9 Å². The molecule has 0 aliphatic carbocycles. The zero-order chi connectivity index (χ0) is 13.9. The molecule has 5 nitrogen and oxygen atoms in total. The van der Waals surface area contributed by atoms with Crippen molar-refractivity contribution in [2.24, 2.45) is 7.05 Å². The molecule has 3 atom stereocenters. The summed E-state index contributed by atoms with van der Waals surface area (Å²) in [5.41, 5.74) is 3.11. The molecule has 6 heteroatoms. The van der Waals surface area contributed by atoms with Crippen LogP contribution in [-0.2, 0) is 18.2 Å². The van der Waals surface area contributed by atoms with Crippen LogP contribution in [0.3, 0.4) is 0 Å². The maximum absolute atomic E-state index is 6.03. The molecular formula is C14H19ClN4O. The van der Waals surface area contributed by atoms with E-state index in [-0.39, 0.29) is 0 Å². The predicted molar refractivity (Wildman–Crippen MR) is 77.2 cm³/mol. The van der Waals surface area contributed by atoms with Gasteiger partial charge in [-0.2, -0.15) is 5.10 Å². The van der Waals surface area contributed by atoms with Crippen LogP contribution in [0.25, 0.3) is 11.2 Å². The number of imidazole rings is 1. The van der Waals surface area contributed by atoms with Crippen molar-refractivity contribution in [3.8, 4) is 0 Å². The second-order valence-electron chi connectivity index (χ2n) is 5.90. The van der Waals surface area contributed by atoms with Crippen molar-refractivity contribution in [3.63, 3.8) is 0 Å². The van der Waals surface area contributed by atoms with Gasteiger partial charge in [0.2, 0.25) is 0 Å². The first kappa shape index (κ1) is 12.7. The minimum absolute atomic E-state index is 0.335. The lowest BCUT2D eigenvalue weighted by atomic mass is 9.95. The summed E-state index contributed by atoms with van der Waals surface area (Å²) in [4.78, 5) is 4.79. The number of halogens is 1. The summed E-state index contributed by atoms with van der Waals surface area (Å²) in [6.07, 6.45) is 5.02. The third-order valence-corrected chi connectivity index (χ3v) is 4.82. The Hall–Kier alpha value is -1.07. The molecule has 20 heavy (non-hydrogen) atoms. The van der Waals surface area contributed by atoms with Crippen molar-refractivity contribution in [3.05, 3.63) is 11.5 Å². The molecule has 0 radical (unpaired) electrons. The number of rotatable bonds is 3. The van der Waals surface area contributed by atoms with Gasteiger partial charge < -0.3 is 9.30 Å². The van der Waals surface area contributed by atoms with Gasteiger partial charge in [0.05, 0.1) is 23.9 Å². The van der Waals surface area contributed by atoms with Gasteiger partial charge in [-0.1, -0.05) is 0 Å². The number of nitrogens with zero attached hydrogens (tertiary/aromatic N) is 4. The summed E-state index contributed by atoms with van der Waals surface area (Å²) in [5, 5.41) is 4.51. The van der Waals surface area contributed by atoms with E-state index in [9.17, 15) is 0 Å². The average molecular weight is 295 g/mol. The Morgan fingerprint density at radius 3 is 2.90 bits per heavy atom. The third-order valence-electron chi connectivity index (χ3n) is 4.63. The molecule has 0 aromatic carbocycles. The highest BCUT2D eigenvalue weighted by Gasteiger charge is 2.43. The molecule has 0 amide bonds. The maximum Gasteiger partial charge on any atom is 0.159 e. The van der Waals surface area contributed by atoms with E-state index in [0.717, 1.165) is 41.9 Å². The number of aryl methyl sites for hydroxylation is 3. The lowest BCUT2D eigenvalue weighted by molar-refractivity contribution is 0.0938. The van der Waals surface area contributed by atoms with Gasteiger partial charge in [-0.25, -0.2) is 4.98 Å². The molecule has 108 valence electrons. The van der Waals surface area contributed by atoms with Gasteiger partial charge in [-0.3, -0.25) is 4.68 Å². The smallest absolute Gasteiger partial charge is 0.159 e. The van der Waals surface area contributed by atoms with E-state index in [1.807, 2.05) is 18.7 Å². The maximum atomic E-state index is 6.03. The number of hydrogen-bond acceptors (Lipinski definition) is 3. The van der Waals surface area contributed by atoms with Crippen LogP contribution in [0.4, 0.5) is 0 Å². The third kappa shape index (κ3) is 1.66. The molecule has 2 bridgehead atoms. The van der Waals surface area contributed by atoms with E-state index < -0.39 is 0 Å². The van der Waals surface area contributed by atoms with Crippen molar-refractivity contribution in [1.82, 2.24) is 19.3 Å². The molecule has 2 aromatic rings. The van der Waals surface area contributed by atoms with Crippen LogP contribution in [0.15, 0.2) is 0 Å². The molecule has 4 rings (SSSR count). The van der Waals surface area contributed by atoms with Crippen LogP contribution in [0.2, 0.25) is 0 Å². The normalized spacial score (nSPS) is 28.9. The summed E-state index contributed by atoms with van der Waals surface area (Å²) in [5.74, 6) is 1.67. The number of fused-ring (bicyclic) bond motifs is 3. The average Bonchev–Trinajstić information content (AvgIpc) is 3.13. The molecule has 0 saturated carbocycles. The van der Waals surface area contributed by atoms with Gasteiger partial charge >= 0.3 is 0 Å². The van der Waals surface area contributed by atoms with Crippen molar-refractivity contribution < 1.29 is 4.74 Å². The van der Waals surface area contributed by atoms with E-state index in [4.69, 9.17) is 21.3 Å². The molecule has 3 unspecified atom stereocenters. The second kappa shape index (κ2) is 4.46. The number of aromatic nitrogens is 4. The fourth-order valence-corrected chi connectivity index (χ4v) is 4.00. The Bertz CT molecular complexity index is 662. The lowest BCUT2D eigenvalue weighted by Gasteiger charge is -2.23. The van der Waals surface area contributed by atoms with Crippen molar-refractivity contribution >= 4 is 22.8 Å². The lowest BCUT2D eigenvalue weighted by Crippen LogP contribution is -2.24. The molecule has 4 heterocycles. The molecule has 2 aromatic heterocycles. The highest BCUT2D eigenvalue weighted by Crippen LogP contribution is 2.43. The first-order valence-corrected chi connectivity index (χ1v) is 7.84. The number of hydrogen-bond donors (Lipinski definition) is 0. The van der Waals surface area contributed by atoms with Crippen LogP contribution in [0, 0.1) is 6.92 Å². The van der Waals surface area contributed by atoms with Gasteiger partial charge in [0.25, 0.3) is 0 Å². The van der Waals surface area contributed by atoms with Crippen LogP contribution in [0.5, 0.6) is 0 Å². The Morgan fingerprint density at radius 1 is 1.40 bits per heavy atom. The predicted octanol–water partition coefficient (Wildman–Crippen LogP) is 2.35.